The van der Waals surface area contributed by atoms with E-state index in [1.807, 2.05) is 44.8 Å². The van der Waals surface area contributed by atoms with E-state index >= 15 is 0 Å². The third kappa shape index (κ3) is 9.80. The number of cyclic esters (lactones) is 1. The van der Waals surface area contributed by atoms with Gasteiger partial charge in [-0.2, -0.15) is 4.98 Å². The monoisotopic (exact) mass is 793 g/mol. The third-order valence-corrected chi connectivity index (χ3v) is 12.5. The maximum Gasteiger partial charge on any atom is 0.352 e. The number of anilines is 1. The number of nitrogens with one attached hydrogen (secondary N) is 2. The number of nitrogens with two attached hydrogens (primary N) is 1. The number of aliphatic hydroxyl groups excluding tert-OH is 1. The van der Waals surface area contributed by atoms with E-state index in [1.165, 1.54) is 25.6 Å². The Labute approximate surface area is 330 Å². The summed E-state index contributed by atoms with van der Waals surface area (Å²) in [5.41, 5.74) is 1.33. The lowest BCUT2D eigenvalue weighted by molar-refractivity contribution is -0.297. The molecule has 2 aliphatic heterocycles. The van der Waals surface area contributed by atoms with Gasteiger partial charge in [0.2, 0.25) is 12.1 Å². The van der Waals surface area contributed by atoms with Crippen LogP contribution in [0.2, 0.25) is 0 Å². The molecule has 17 nitrogen and oxygen atoms in total. The molecular formula is C39H67N7O10. The van der Waals surface area contributed by atoms with E-state index in [1.54, 1.807) is 27.9 Å². The summed E-state index contributed by atoms with van der Waals surface area (Å²) in [5.74, 6) is -4.08. The molecule has 17 heteroatoms. The average Bonchev–Trinajstić information content (AvgIpc) is 3.12. The van der Waals surface area contributed by atoms with Crippen molar-refractivity contribution < 1.29 is 43.5 Å². The molecule has 3 fully saturated rings. The van der Waals surface area contributed by atoms with Crippen LogP contribution >= 0.6 is 0 Å². The SMILES string of the molecule is CC[C@H]1OC(=O)[C@H](C)C(=O)[C@H](C)[C@@H](O[C@@H]2O[C@H](CNC3CCC3)CC(N(C)C)C2O)[C@](C)(OC)C[C@@H](C)CN(C)[C@H](C)[C@@H](NC=O)[C@@]1(O)n1ccc(N)nc1=O. The zero-order chi connectivity index (χ0) is 41.7. The van der Waals surface area contributed by atoms with Crippen LogP contribution in [0.1, 0.15) is 80.1 Å². The van der Waals surface area contributed by atoms with Gasteiger partial charge in [-0.25, -0.2) is 4.79 Å². The number of ketones is 1. The molecule has 1 aromatic rings. The molecule has 56 heavy (non-hydrogen) atoms. The van der Waals surface area contributed by atoms with Crippen molar-refractivity contribution in [1.82, 2.24) is 30.0 Å². The summed E-state index contributed by atoms with van der Waals surface area (Å²) in [6, 6.07) is -0.458. The number of ether oxygens (including phenoxy) is 4. The van der Waals surface area contributed by atoms with Crippen molar-refractivity contribution in [2.75, 3.05) is 47.1 Å². The number of nitrogens with zero attached hydrogens (tertiary/aromatic N) is 4. The lowest BCUT2D eigenvalue weighted by Crippen LogP contribution is -2.68. The largest absolute Gasteiger partial charge is 0.457 e. The number of Topliss-reactive ketones (excluding diaryl/α,β-unsaturated/α-hetero) is 1. The number of hydrogen-bond donors (Lipinski definition) is 5. The highest BCUT2D eigenvalue weighted by Crippen LogP contribution is 2.38. The van der Waals surface area contributed by atoms with Crippen molar-refractivity contribution in [1.29, 1.82) is 0 Å². The number of aliphatic hydroxyl groups is 2. The Morgan fingerprint density at radius 3 is 2.41 bits per heavy atom. The zero-order valence-electron chi connectivity index (χ0n) is 34.8. The van der Waals surface area contributed by atoms with Gasteiger partial charge in [-0.05, 0) is 86.0 Å². The molecule has 1 aliphatic carbocycles. The highest BCUT2D eigenvalue weighted by atomic mass is 16.7. The maximum absolute atomic E-state index is 14.5. The summed E-state index contributed by atoms with van der Waals surface area (Å²) in [6.07, 6.45) is 1.04. The number of aromatic nitrogens is 2. The first-order valence-corrected chi connectivity index (χ1v) is 20.0. The van der Waals surface area contributed by atoms with Crippen molar-refractivity contribution in [3.05, 3.63) is 22.7 Å². The Morgan fingerprint density at radius 1 is 1.18 bits per heavy atom. The van der Waals surface area contributed by atoms with Gasteiger partial charge < -0.3 is 55.3 Å². The van der Waals surface area contributed by atoms with Crippen LogP contribution in [0.4, 0.5) is 5.82 Å². The van der Waals surface area contributed by atoms with Gasteiger partial charge in [-0.15, -0.1) is 0 Å². The second kappa shape index (κ2) is 19.1. The molecule has 0 radical (unpaired) electrons. The summed E-state index contributed by atoms with van der Waals surface area (Å²) >= 11 is 0. The first-order valence-electron chi connectivity index (χ1n) is 20.0. The summed E-state index contributed by atoms with van der Waals surface area (Å²) in [4.78, 5) is 61.8. The molecule has 6 N–H and O–H groups in total. The molecule has 2 saturated heterocycles. The van der Waals surface area contributed by atoms with Gasteiger partial charge in [0, 0.05) is 50.4 Å². The average molecular weight is 794 g/mol. The summed E-state index contributed by atoms with van der Waals surface area (Å²) < 4.78 is 26.4. The van der Waals surface area contributed by atoms with Gasteiger partial charge >= 0.3 is 11.7 Å². The van der Waals surface area contributed by atoms with Gasteiger partial charge in [0.25, 0.3) is 0 Å². The highest BCUT2D eigenvalue weighted by Gasteiger charge is 2.54. The number of methoxy groups -OCH3 is 1. The predicted molar refractivity (Wildman–Crippen MR) is 208 cm³/mol. The molecule has 0 spiro atoms. The Hall–Kier alpha value is -3.03. The second-order valence-electron chi connectivity index (χ2n) is 16.8. The van der Waals surface area contributed by atoms with Crippen LogP contribution in [0.3, 0.4) is 0 Å². The number of esters is 1. The van der Waals surface area contributed by atoms with Crippen LogP contribution < -0.4 is 22.1 Å². The highest BCUT2D eigenvalue weighted by molar-refractivity contribution is 6.00. The molecular weight excluding hydrogens is 726 g/mol. The lowest BCUT2D eigenvalue weighted by Gasteiger charge is -2.47. The van der Waals surface area contributed by atoms with Crippen LogP contribution in [-0.2, 0) is 39.1 Å². The van der Waals surface area contributed by atoms with Crippen LogP contribution in [-0.4, -0.2) is 150 Å². The second-order valence-corrected chi connectivity index (χ2v) is 16.8. The minimum absolute atomic E-state index is 0.0202. The quantitative estimate of drug-likeness (QED) is 0.117. The van der Waals surface area contributed by atoms with Crippen molar-refractivity contribution in [3.8, 4) is 0 Å². The van der Waals surface area contributed by atoms with Gasteiger partial charge in [-0.3, -0.25) is 19.0 Å². The number of hydrogen-bond acceptors (Lipinski definition) is 15. The standard InChI is InChI=1S/C39H67N7O10/c1-11-29-39(52,46-16-15-30(40)43-37(46)51)33(42-21-47)25(5)45(9)20-22(2)18-38(6,53-10)34(23(3)31(48)24(4)35(50)55-29)56-36-32(49)28(44(7)8)17-27(54-36)19-41-26-13-12-14-26/h15-16,21-29,32-34,36,41,49,52H,11-14,17-20H2,1-10H3,(H,42,47)(H2,40,43,51)/t22-,23+,24-,25-,27+,28?,29-,32?,33-,34-,36+,38-,39-/m1/s1. The fourth-order valence-corrected chi connectivity index (χ4v) is 8.76. The van der Waals surface area contributed by atoms with E-state index in [4.69, 9.17) is 24.7 Å². The molecule has 1 aromatic heterocycles. The summed E-state index contributed by atoms with van der Waals surface area (Å²) in [7, 11) is 7.15. The molecule has 3 heterocycles. The van der Waals surface area contributed by atoms with Crippen LogP contribution in [0.5, 0.6) is 0 Å². The molecule has 0 bridgehead atoms. The smallest absolute Gasteiger partial charge is 0.352 e. The zero-order valence-corrected chi connectivity index (χ0v) is 34.8. The van der Waals surface area contributed by atoms with Gasteiger partial charge in [0.15, 0.2) is 18.2 Å². The van der Waals surface area contributed by atoms with Crippen LogP contribution in [0.25, 0.3) is 0 Å². The maximum atomic E-state index is 14.5. The fourth-order valence-electron chi connectivity index (χ4n) is 8.76. The minimum atomic E-state index is -2.39. The predicted octanol–water partition coefficient (Wildman–Crippen LogP) is 0.447. The van der Waals surface area contributed by atoms with Gasteiger partial charge in [0.1, 0.15) is 17.8 Å². The van der Waals surface area contributed by atoms with Crippen LogP contribution in [0.15, 0.2) is 17.1 Å². The fraction of sp³-hybridized carbons (Fsp3) is 0.821. The summed E-state index contributed by atoms with van der Waals surface area (Å²) in [6.45, 7) is 11.3. The van der Waals surface area contributed by atoms with E-state index in [-0.39, 0.29) is 30.3 Å². The first-order chi connectivity index (χ1) is 26.3. The van der Waals surface area contributed by atoms with E-state index < -0.39 is 77.3 Å². The van der Waals surface area contributed by atoms with Gasteiger partial charge in [0.05, 0.1) is 23.9 Å². The number of rotatable bonds is 11. The molecule has 318 valence electrons. The number of likely N-dealkylation sites (N-methyl/N-ethyl adjacent to an activating group) is 2. The van der Waals surface area contributed by atoms with Crippen molar-refractivity contribution in [3.63, 3.8) is 0 Å². The van der Waals surface area contributed by atoms with Crippen molar-refractivity contribution in [2.45, 2.75) is 146 Å². The molecule has 1 amide bonds. The normalized spacial score (nSPS) is 38.6. The number of nitrogen functional groups attached to an aromatic ring is 1. The van der Waals surface area contributed by atoms with E-state index in [0.717, 1.165) is 17.4 Å². The molecule has 1 saturated carbocycles. The molecule has 2 unspecified atom stereocenters. The summed E-state index contributed by atoms with van der Waals surface area (Å²) in [5, 5.41) is 30.7. The van der Waals surface area contributed by atoms with Crippen molar-refractivity contribution >= 4 is 24.0 Å². The molecule has 3 aliphatic rings. The van der Waals surface area contributed by atoms with Gasteiger partial charge in [-0.1, -0.05) is 27.2 Å². The Kier molecular flexibility index (Phi) is 15.6. The van der Waals surface area contributed by atoms with E-state index in [0.29, 0.717) is 38.4 Å². The van der Waals surface area contributed by atoms with Crippen LogP contribution in [0, 0.1) is 17.8 Å². The molecule has 13 atom stereocenters. The van der Waals surface area contributed by atoms with Crippen molar-refractivity contribution in [2.24, 2.45) is 17.8 Å². The Morgan fingerprint density at radius 2 is 1.86 bits per heavy atom. The molecule has 4 rings (SSSR count). The van der Waals surface area contributed by atoms with E-state index in [9.17, 15) is 29.4 Å². The topological polar surface area (TPSA) is 220 Å². The Bertz CT molecular complexity index is 1550. The molecule has 0 aromatic carbocycles. The number of amides is 1. The van der Waals surface area contributed by atoms with E-state index in [2.05, 4.69) is 15.6 Å². The lowest BCUT2D eigenvalue weighted by atomic mass is 9.78. The number of carbonyl (C=O) groups is 3. The number of carbonyl (C=O) groups excluding carboxylic acids is 3. The first kappa shape index (κ1) is 45.7. The third-order valence-electron chi connectivity index (χ3n) is 12.5. The Balaban J connectivity index is 1.79. The minimum Gasteiger partial charge on any atom is -0.457 e.